The van der Waals surface area contributed by atoms with Gasteiger partial charge in [0.05, 0.1) is 54.0 Å². The Morgan fingerprint density at radius 1 is 0.639 bits per heavy atom. The first-order valence-corrected chi connectivity index (χ1v) is 11.1. The summed E-state index contributed by atoms with van der Waals surface area (Å²) in [7, 11) is 9.45. The predicted molar refractivity (Wildman–Crippen MR) is 137 cm³/mol. The van der Waals surface area contributed by atoms with Crippen LogP contribution in [0.5, 0.6) is 34.5 Å². The number of hydrogen-bond donors (Lipinski definition) is 1. The van der Waals surface area contributed by atoms with Gasteiger partial charge in [-0.2, -0.15) is 0 Å². The van der Waals surface area contributed by atoms with E-state index in [9.17, 15) is 0 Å². The summed E-state index contributed by atoms with van der Waals surface area (Å²) in [6.45, 7) is 1.99. The quantitative estimate of drug-likeness (QED) is 0.343. The second-order valence-corrected chi connectivity index (χ2v) is 7.81. The van der Waals surface area contributed by atoms with Crippen LogP contribution in [0.3, 0.4) is 0 Å². The Kier molecular flexibility index (Phi) is 7.19. The van der Waals surface area contributed by atoms with E-state index in [2.05, 4.69) is 9.97 Å². The highest BCUT2D eigenvalue weighted by molar-refractivity contribution is 5.85. The molecule has 4 aromatic rings. The SMILES string of the molecule is COc1cc(-c2nc(-c3ncccc3C)[nH]c2-c2cc(OC)c(OC)c(OC)c2)cc(OC)c1OC. The molecule has 0 atom stereocenters. The Balaban J connectivity index is 2.03. The van der Waals surface area contributed by atoms with E-state index in [0.29, 0.717) is 46.0 Å². The van der Waals surface area contributed by atoms with E-state index in [4.69, 9.17) is 33.4 Å². The predicted octanol–water partition coefficient (Wildman–Crippen LogP) is 5.17. The summed E-state index contributed by atoms with van der Waals surface area (Å²) in [5, 5.41) is 0. The molecule has 0 aliphatic rings. The van der Waals surface area contributed by atoms with Crippen LogP contribution in [-0.4, -0.2) is 57.6 Å². The van der Waals surface area contributed by atoms with Gasteiger partial charge in [-0.3, -0.25) is 4.98 Å². The number of methoxy groups -OCH3 is 6. The number of aryl methyl sites for hydroxylation is 1. The molecular weight excluding hydrogens is 462 g/mol. The molecule has 2 heterocycles. The van der Waals surface area contributed by atoms with Crippen LogP contribution in [0.2, 0.25) is 0 Å². The highest BCUT2D eigenvalue weighted by Gasteiger charge is 2.23. The topological polar surface area (TPSA) is 97.0 Å². The summed E-state index contributed by atoms with van der Waals surface area (Å²) in [4.78, 5) is 13.0. The van der Waals surface area contributed by atoms with Gasteiger partial charge in [0.25, 0.3) is 0 Å². The third kappa shape index (κ3) is 4.35. The molecule has 9 heteroatoms. The largest absolute Gasteiger partial charge is 0.493 e. The van der Waals surface area contributed by atoms with E-state index in [1.807, 2.05) is 43.3 Å². The van der Waals surface area contributed by atoms with Crippen molar-refractivity contribution in [1.82, 2.24) is 15.0 Å². The first kappa shape index (κ1) is 24.7. The van der Waals surface area contributed by atoms with Gasteiger partial charge in [-0.15, -0.1) is 0 Å². The van der Waals surface area contributed by atoms with Crippen LogP contribution in [0.15, 0.2) is 42.6 Å². The minimum Gasteiger partial charge on any atom is -0.493 e. The van der Waals surface area contributed by atoms with Gasteiger partial charge in [0.1, 0.15) is 5.69 Å². The highest BCUT2D eigenvalue weighted by atomic mass is 16.5. The minimum atomic E-state index is 0.495. The molecule has 0 unspecified atom stereocenters. The number of pyridine rings is 1. The van der Waals surface area contributed by atoms with E-state index >= 15 is 0 Å². The second kappa shape index (κ2) is 10.5. The zero-order valence-corrected chi connectivity index (χ0v) is 21.4. The van der Waals surface area contributed by atoms with Crippen LogP contribution in [0.4, 0.5) is 0 Å². The van der Waals surface area contributed by atoms with Crippen molar-refractivity contribution < 1.29 is 28.4 Å². The summed E-state index contributed by atoms with van der Waals surface area (Å²) < 4.78 is 33.4. The molecular formula is C27H29N3O6. The number of benzene rings is 2. The molecule has 0 fully saturated rings. The fraction of sp³-hybridized carbons (Fsp3) is 0.259. The first-order valence-electron chi connectivity index (χ1n) is 11.1. The molecule has 9 nitrogen and oxygen atoms in total. The molecule has 2 aromatic carbocycles. The Morgan fingerprint density at radius 3 is 1.58 bits per heavy atom. The van der Waals surface area contributed by atoms with Crippen molar-refractivity contribution in [1.29, 1.82) is 0 Å². The third-order valence-corrected chi connectivity index (χ3v) is 5.83. The van der Waals surface area contributed by atoms with Crippen molar-refractivity contribution in [2.45, 2.75) is 6.92 Å². The summed E-state index contributed by atoms with van der Waals surface area (Å²) in [6.07, 6.45) is 1.74. The van der Waals surface area contributed by atoms with Crippen LogP contribution >= 0.6 is 0 Å². The molecule has 0 saturated carbocycles. The number of rotatable bonds is 9. The van der Waals surface area contributed by atoms with Crippen LogP contribution in [0.1, 0.15) is 5.56 Å². The molecule has 0 bridgehead atoms. The molecule has 0 aliphatic heterocycles. The normalized spacial score (nSPS) is 10.6. The van der Waals surface area contributed by atoms with Crippen LogP contribution in [0, 0.1) is 6.92 Å². The number of H-pyrrole nitrogens is 1. The average molecular weight is 492 g/mol. The van der Waals surface area contributed by atoms with Gasteiger partial charge in [0, 0.05) is 17.3 Å². The van der Waals surface area contributed by atoms with Crippen LogP contribution < -0.4 is 28.4 Å². The fourth-order valence-corrected chi connectivity index (χ4v) is 4.08. The number of aromatic nitrogens is 3. The average Bonchev–Trinajstić information content (AvgIpc) is 3.36. The van der Waals surface area contributed by atoms with Crippen LogP contribution in [-0.2, 0) is 0 Å². The van der Waals surface area contributed by atoms with Gasteiger partial charge in [0.2, 0.25) is 11.5 Å². The number of imidazole rings is 1. The molecule has 0 aliphatic carbocycles. The lowest BCUT2D eigenvalue weighted by Crippen LogP contribution is -1.97. The molecule has 4 rings (SSSR count). The number of ether oxygens (including phenoxy) is 6. The van der Waals surface area contributed by atoms with E-state index in [1.54, 1.807) is 48.9 Å². The van der Waals surface area contributed by atoms with E-state index in [1.165, 1.54) is 0 Å². The monoisotopic (exact) mass is 491 g/mol. The van der Waals surface area contributed by atoms with E-state index < -0.39 is 0 Å². The fourth-order valence-electron chi connectivity index (χ4n) is 4.08. The summed E-state index contributed by atoms with van der Waals surface area (Å²) >= 11 is 0. The van der Waals surface area contributed by atoms with Crippen molar-refractivity contribution in [3.8, 4) is 68.5 Å². The van der Waals surface area contributed by atoms with Gasteiger partial charge in [-0.05, 0) is 42.8 Å². The lowest BCUT2D eigenvalue weighted by Gasteiger charge is -2.15. The lowest BCUT2D eigenvalue weighted by molar-refractivity contribution is 0.324. The number of nitrogens with zero attached hydrogens (tertiary/aromatic N) is 2. The molecule has 0 spiro atoms. The number of nitrogens with one attached hydrogen (secondary N) is 1. The Hall–Kier alpha value is -4.40. The molecule has 0 amide bonds. The van der Waals surface area contributed by atoms with Crippen molar-refractivity contribution in [3.63, 3.8) is 0 Å². The molecule has 36 heavy (non-hydrogen) atoms. The molecule has 188 valence electrons. The van der Waals surface area contributed by atoms with Crippen LogP contribution in [0.25, 0.3) is 34.0 Å². The zero-order chi connectivity index (χ0) is 25.8. The minimum absolute atomic E-state index is 0.495. The molecule has 0 saturated heterocycles. The Bertz CT molecular complexity index is 1250. The third-order valence-electron chi connectivity index (χ3n) is 5.83. The van der Waals surface area contributed by atoms with Crippen molar-refractivity contribution in [2.24, 2.45) is 0 Å². The zero-order valence-electron chi connectivity index (χ0n) is 21.4. The Labute approximate surface area is 209 Å². The van der Waals surface area contributed by atoms with Crippen molar-refractivity contribution in [2.75, 3.05) is 42.7 Å². The highest BCUT2D eigenvalue weighted by Crippen LogP contribution is 2.46. The molecule has 2 aromatic heterocycles. The second-order valence-electron chi connectivity index (χ2n) is 7.81. The van der Waals surface area contributed by atoms with E-state index in [-0.39, 0.29) is 0 Å². The number of aromatic amines is 1. The van der Waals surface area contributed by atoms with Gasteiger partial charge in [-0.1, -0.05) is 6.07 Å². The Morgan fingerprint density at radius 2 is 1.14 bits per heavy atom. The standard InChI is InChI=1S/C27H29N3O6/c1-15-9-8-10-28-22(15)27-29-23(16-11-18(31-2)25(35-6)19(12-16)32-3)24(30-27)17-13-20(33-4)26(36-7)21(14-17)34-5/h8-14H,1-7H3,(H,29,30). The summed E-state index contributed by atoms with van der Waals surface area (Å²) in [6, 6.07) is 11.3. The van der Waals surface area contributed by atoms with Crippen molar-refractivity contribution >= 4 is 0 Å². The summed E-state index contributed by atoms with van der Waals surface area (Å²) in [5.74, 6) is 3.68. The maximum atomic E-state index is 5.59. The molecule has 1 N–H and O–H groups in total. The first-order chi connectivity index (χ1) is 17.5. The van der Waals surface area contributed by atoms with Gasteiger partial charge in [0.15, 0.2) is 28.8 Å². The van der Waals surface area contributed by atoms with Gasteiger partial charge in [-0.25, -0.2) is 4.98 Å². The lowest BCUT2D eigenvalue weighted by atomic mass is 10.0. The summed E-state index contributed by atoms with van der Waals surface area (Å²) in [5.41, 5.74) is 4.64. The van der Waals surface area contributed by atoms with Gasteiger partial charge >= 0.3 is 0 Å². The number of hydrogen-bond acceptors (Lipinski definition) is 8. The van der Waals surface area contributed by atoms with Crippen molar-refractivity contribution in [3.05, 3.63) is 48.2 Å². The maximum absolute atomic E-state index is 5.59. The van der Waals surface area contributed by atoms with E-state index in [0.717, 1.165) is 28.1 Å². The maximum Gasteiger partial charge on any atom is 0.203 e. The smallest absolute Gasteiger partial charge is 0.203 e. The molecule has 0 radical (unpaired) electrons. The van der Waals surface area contributed by atoms with Gasteiger partial charge < -0.3 is 33.4 Å².